The van der Waals surface area contributed by atoms with Crippen LogP contribution in [0, 0.1) is 5.41 Å². The van der Waals surface area contributed by atoms with Gasteiger partial charge < -0.3 is 14.5 Å². The summed E-state index contributed by atoms with van der Waals surface area (Å²) in [7, 11) is 1.80. The van der Waals surface area contributed by atoms with E-state index in [1.807, 2.05) is 34.9 Å². The van der Waals surface area contributed by atoms with Crippen LogP contribution in [0.4, 0.5) is 10.5 Å². The molecule has 28 heavy (non-hydrogen) atoms. The van der Waals surface area contributed by atoms with Crippen LogP contribution < -0.4 is 9.64 Å². The Balaban J connectivity index is 1.40. The lowest BCUT2D eigenvalue weighted by Gasteiger charge is -2.61. The normalized spacial score (nSPS) is 23.2. The molecular weight excluding hydrogens is 376 g/mol. The lowest BCUT2D eigenvalue weighted by atomic mass is 9.73. The zero-order chi connectivity index (χ0) is 19.9. The molecule has 148 valence electrons. The fraction of sp³-hybridized carbons (Fsp3) is 0.429. The molecule has 0 bridgehead atoms. The van der Waals surface area contributed by atoms with Gasteiger partial charge in [0.25, 0.3) is 0 Å². The molecule has 1 aromatic carbocycles. The van der Waals surface area contributed by atoms with Crippen molar-refractivity contribution in [2.75, 3.05) is 44.7 Å². The highest BCUT2D eigenvalue weighted by Gasteiger charge is 2.54. The number of urea groups is 1. The van der Waals surface area contributed by atoms with Crippen LogP contribution in [0.2, 0.25) is 5.02 Å². The second-order valence-corrected chi connectivity index (χ2v) is 8.25. The van der Waals surface area contributed by atoms with Gasteiger partial charge in [-0.2, -0.15) is 0 Å². The predicted octanol–water partition coefficient (Wildman–Crippen LogP) is 3.44. The number of ether oxygens (including phenoxy) is 1. The molecule has 4 rings (SSSR count). The predicted molar refractivity (Wildman–Crippen MR) is 113 cm³/mol. The zero-order valence-electron chi connectivity index (χ0n) is 16.3. The highest BCUT2D eigenvalue weighted by atomic mass is 35.5. The lowest BCUT2D eigenvalue weighted by Crippen LogP contribution is -2.75. The number of carbonyl (C=O) groups is 1. The van der Waals surface area contributed by atoms with E-state index in [9.17, 15) is 4.79 Å². The van der Waals surface area contributed by atoms with E-state index < -0.39 is 0 Å². The number of carbonyl (C=O) groups excluding carboxylic acids is 1. The third kappa shape index (κ3) is 3.15. The first-order valence-electron chi connectivity index (χ1n) is 9.48. The summed E-state index contributed by atoms with van der Waals surface area (Å²) in [6, 6.07) is 5.46. The first kappa shape index (κ1) is 18.9. The van der Waals surface area contributed by atoms with E-state index in [1.165, 1.54) is 0 Å². The Kier molecular flexibility index (Phi) is 4.83. The smallest absolute Gasteiger partial charge is 0.325 e. The molecule has 2 saturated heterocycles. The summed E-state index contributed by atoms with van der Waals surface area (Å²) in [4.78, 5) is 23.5. The Morgan fingerprint density at radius 3 is 2.71 bits per heavy atom. The number of allylic oxidation sites excluding steroid dienone is 2. The molecular formula is C21H25ClN4O2. The second-order valence-electron chi connectivity index (χ2n) is 7.81. The minimum absolute atomic E-state index is 0.0153. The third-order valence-corrected chi connectivity index (χ3v) is 5.85. The summed E-state index contributed by atoms with van der Waals surface area (Å²) >= 11 is 6.07. The van der Waals surface area contributed by atoms with Crippen LogP contribution >= 0.6 is 11.6 Å². The number of hydrogen-bond acceptors (Lipinski definition) is 3. The van der Waals surface area contributed by atoms with E-state index in [0.29, 0.717) is 17.4 Å². The third-order valence-electron chi connectivity index (χ3n) is 5.62. The molecule has 6 nitrogen and oxygen atoms in total. The van der Waals surface area contributed by atoms with Crippen molar-refractivity contribution in [1.82, 2.24) is 9.80 Å². The van der Waals surface area contributed by atoms with Gasteiger partial charge in [-0.1, -0.05) is 30.3 Å². The quantitative estimate of drug-likeness (QED) is 0.434. The van der Waals surface area contributed by atoms with Crippen molar-refractivity contribution in [2.24, 2.45) is 10.4 Å². The van der Waals surface area contributed by atoms with E-state index >= 15 is 0 Å². The van der Waals surface area contributed by atoms with Crippen LogP contribution in [-0.4, -0.2) is 67.5 Å². The van der Waals surface area contributed by atoms with Gasteiger partial charge in [0.2, 0.25) is 0 Å². The monoisotopic (exact) mass is 400 g/mol. The van der Waals surface area contributed by atoms with E-state index in [0.717, 1.165) is 37.7 Å². The van der Waals surface area contributed by atoms with E-state index in [2.05, 4.69) is 16.5 Å². The van der Waals surface area contributed by atoms with Crippen molar-refractivity contribution in [1.29, 1.82) is 0 Å². The molecule has 1 unspecified atom stereocenters. The minimum atomic E-state index is -0.0153. The Labute approximate surface area is 170 Å². The van der Waals surface area contributed by atoms with Crippen LogP contribution in [0.3, 0.4) is 0 Å². The van der Waals surface area contributed by atoms with Gasteiger partial charge >= 0.3 is 6.03 Å². The Morgan fingerprint density at radius 2 is 2.04 bits per heavy atom. The maximum absolute atomic E-state index is 13.2. The molecule has 0 aliphatic carbocycles. The summed E-state index contributed by atoms with van der Waals surface area (Å²) in [5.41, 5.74) is 0.977. The molecule has 7 heteroatoms. The van der Waals surface area contributed by atoms with Crippen molar-refractivity contribution in [3.05, 3.63) is 48.0 Å². The first-order valence-corrected chi connectivity index (χ1v) is 9.85. The number of likely N-dealkylation sites (tertiary alicyclic amines) is 2. The van der Waals surface area contributed by atoms with Gasteiger partial charge in [-0.05, 0) is 25.1 Å². The highest BCUT2D eigenvalue weighted by Crippen LogP contribution is 2.42. The molecule has 0 saturated carbocycles. The van der Waals surface area contributed by atoms with Crippen LogP contribution in [0.15, 0.2) is 48.0 Å². The topological polar surface area (TPSA) is 48.4 Å². The lowest BCUT2D eigenvalue weighted by molar-refractivity contribution is -0.0620. The molecule has 0 radical (unpaired) electrons. The summed E-state index contributed by atoms with van der Waals surface area (Å²) in [6.45, 7) is 9.58. The summed E-state index contributed by atoms with van der Waals surface area (Å²) in [5.74, 6) is 1.63. The molecule has 3 heterocycles. The van der Waals surface area contributed by atoms with E-state index in [1.54, 1.807) is 25.3 Å². The molecule has 3 aliphatic rings. The van der Waals surface area contributed by atoms with Gasteiger partial charge in [0.15, 0.2) is 0 Å². The van der Waals surface area contributed by atoms with Crippen molar-refractivity contribution in [2.45, 2.75) is 13.0 Å². The molecule has 0 aromatic heterocycles. The van der Waals surface area contributed by atoms with E-state index in [-0.39, 0.29) is 17.5 Å². The molecule has 1 spiro atoms. The van der Waals surface area contributed by atoms with Gasteiger partial charge in [-0.3, -0.25) is 9.89 Å². The molecule has 2 fully saturated rings. The van der Waals surface area contributed by atoms with Gasteiger partial charge in [0, 0.05) is 49.7 Å². The van der Waals surface area contributed by atoms with Crippen molar-refractivity contribution < 1.29 is 9.53 Å². The molecule has 0 N–H and O–H groups in total. The average Bonchev–Trinajstić information content (AvgIpc) is 2.61. The number of nitrogens with zero attached hydrogens (tertiary/aromatic N) is 4. The molecule has 1 atom stereocenters. The van der Waals surface area contributed by atoms with Crippen LogP contribution in [-0.2, 0) is 0 Å². The number of halogens is 1. The highest BCUT2D eigenvalue weighted by molar-refractivity contribution is 6.30. The number of fused-ring (bicyclic) bond motifs is 1. The standard InChI is InChI=1S/C21H25ClN4O2/c1-4-5-6-19(23-3)24-11-21(12-24)13-25(14-21)20(27)26-15(2)10-28-18-9-16(22)7-8-17(18)26/h4-9,15H,1,10-14H2,2-3H3/b6-5-,23-19?. The van der Waals surface area contributed by atoms with Crippen LogP contribution in [0.5, 0.6) is 5.75 Å². The Morgan fingerprint density at radius 1 is 1.32 bits per heavy atom. The second kappa shape index (κ2) is 7.17. The number of hydrogen-bond donors (Lipinski definition) is 0. The first-order chi connectivity index (χ1) is 13.5. The van der Waals surface area contributed by atoms with Crippen molar-refractivity contribution >= 4 is 29.2 Å². The minimum Gasteiger partial charge on any atom is -0.489 e. The Bertz CT molecular complexity index is 852. The SMILES string of the molecule is C=C/C=C\C(=NC)N1CC2(CN(C(=O)N3c4ccc(Cl)cc4OCC3C)C2)C1. The number of benzene rings is 1. The largest absolute Gasteiger partial charge is 0.489 e. The molecule has 1 aromatic rings. The number of amides is 2. The molecule has 3 aliphatic heterocycles. The van der Waals surface area contributed by atoms with Crippen molar-refractivity contribution in [3.8, 4) is 5.75 Å². The molecule has 2 amide bonds. The van der Waals surface area contributed by atoms with Gasteiger partial charge in [-0.25, -0.2) is 4.79 Å². The number of anilines is 1. The zero-order valence-corrected chi connectivity index (χ0v) is 17.0. The number of amidine groups is 1. The van der Waals surface area contributed by atoms with Gasteiger partial charge in [0.05, 0.1) is 11.7 Å². The van der Waals surface area contributed by atoms with Gasteiger partial charge in [0.1, 0.15) is 18.2 Å². The number of rotatable bonds is 2. The maximum atomic E-state index is 13.2. The maximum Gasteiger partial charge on any atom is 0.325 e. The Hall–Kier alpha value is -2.47. The van der Waals surface area contributed by atoms with Gasteiger partial charge in [-0.15, -0.1) is 0 Å². The number of aliphatic imine (C=N–C) groups is 1. The average molecular weight is 401 g/mol. The van der Waals surface area contributed by atoms with Crippen LogP contribution in [0.25, 0.3) is 0 Å². The summed E-state index contributed by atoms with van der Waals surface area (Å²) in [6.07, 6.45) is 5.62. The van der Waals surface area contributed by atoms with Crippen LogP contribution in [0.1, 0.15) is 6.92 Å². The summed E-state index contributed by atoms with van der Waals surface area (Å²) in [5, 5.41) is 0.608. The summed E-state index contributed by atoms with van der Waals surface area (Å²) < 4.78 is 5.76. The fourth-order valence-electron chi connectivity index (χ4n) is 4.27. The van der Waals surface area contributed by atoms with E-state index in [4.69, 9.17) is 16.3 Å². The van der Waals surface area contributed by atoms with Crippen molar-refractivity contribution in [3.63, 3.8) is 0 Å². The fourth-order valence-corrected chi connectivity index (χ4v) is 4.43.